The molecule has 4 aliphatic rings. The molecule has 0 saturated carbocycles. The molecule has 4 fully saturated rings. The Labute approximate surface area is 307 Å². The van der Waals surface area contributed by atoms with Gasteiger partial charge in [-0.1, -0.05) is 6.58 Å². The molecule has 4 aliphatic heterocycles. The summed E-state index contributed by atoms with van der Waals surface area (Å²) in [7, 11) is -3.53. The first-order chi connectivity index (χ1) is 24.8. The normalized spacial score (nSPS) is 21.8. The van der Waals surface area contributed by atoms with E-state index in [0.29, 0.717) is 56.5 Å². The van der Waals surface area contributed by atoms with Crippen molar-refractivity contribution < 1.29 is 27.1 Å². The molecule has 1 aromatic heterocycles. The van der Waals surface area contributed by atoms with Gasteiger partial charge in [0.15, 0.2) is 11.6 Å². The molecule has 0 bridgehead atoms. The van der Waals surface area contributed by atoms with Crippen LogP contribution in [0.5, 0.6) is 11.5 Å². The van der Waals surface area contributed by atoms with Gasteiger partial charge in [0.1, 0.15) is 17.9 Å². The molecule has 1 aromatic carbocycles. The number of nitrogens with zero attached hydrogens (tertiary/aromatic N) is 7. The van der Waals surface area contributed by atoms with Gasteiger partial charge in [-0.25, -0.2) is 14.4 Å². The Morgan fingerprint density at radius 2 is 1.71 bits per heavy atom. The lowest BCUT2D eigenvalue weighted by Crippen LogP contribution is -2.62. The van der Waals surface area contributed by atoms with Crippen LogP contribution in [-0.2, 0) is 15.0 Å². The van der Waals surface area contributed by atoms with E-state index in [9.17, 15) is 22.4 Å². The predicted molar refractivity (Wildman–Crippen MR) is 197 cm³/mol. The van der Waals surface area contributed by atoms with Crippen LogP contribution in [0.4, 0.5) is 10.2 Å². The fourth-order valence-electron chi connectivity index (χ4n) is 8.43. The lowest BCUT2D eigenvalue weighted by molar-refractivity contribution is -0.117. The van der Waals surface area contributed by atoms with Gasteiger partial charge in [-0.05, 0) is 95.4 Å². The van der Waals surface area contributed by atoms with Crippen molar-refractivity contribution in [2.24, 2.45) is 11.3 Å². The van der Waals surface area contributed by atoms with Crippen LogP contribution in [0.25, 0.3) is 0 Å². The largest absolute Gasteiger partial charge is 0.451 e. The highest BCUT2D eigenvalue weighted by molar-refractivity contribution is 7.86. The first kappa shape index (κ1) is 38.1. The van der Waals surface area contributed by atoms with E-state index in [1.165, 1.54) is 30.6 Å². The molecular formula is C37H53FN8O5S. The van der Waals surface area contributed by atoms with Crippen LogP contribution in [0.2, 0.25) is 0 Å². The first-order valence-electron chi connectivity index (χ1n) is 18.5. The van der Waals surface area contributed by atoms with Crippen molar-refractivity contribution in [3.8, 4) is 11.5 Å². The van der Waals surface area contributed by atoms with Crippen LogP contribution < -0.4 is 15.0 Å². The van der Waals surface area contributed by atoms with Crippen molar-refractivity contribution in [3.63, 3.8) is 0 Å². The number of halogens is 1. The zero-order valence-corrected chi connectivity index (χ0v) is 31.7. The van der Waals surface area contributed by atoms with E-state index in [1.54, 1.807) is 19.7 Å². The molecule has 4 saturated heterocycles. The number of carbonyl (C=O) groups excluding carboxylic acids is 2. The molecular weight excluding hydrogens is 688 g/mol. The maximum atomic E-state index is 14.4. The van der Waals surface area contributed by atoms with Crippen LogP contribution in [-0.4, -0.2) is 126 Å². The summed E-state index contributed by atoms with van der Waals surface area (Å²) in [6.45, 7) is 17.6. The number of likely N-dealkylation sites (tertiary alicyclic amines) is 1. The number of aromatic nitrogens is 2. The van der Waals surface area contributed by atoms with Gasteiger partial charge < -0.3 is 24.8 Å². The third-order valence-corrected chi connectivity index (χ3v) is 13.1. The molecule has 5 heterocycles. The van der Waals surface area contributed by atoms with Crippen molar-refractivity contribution in [2.45, 2.75) is 77.9 Å². The monoisotopic (exact) mass is 740 g/mol. The molecule has 1 spiro atoms. The van der Waals surface area contributed by atoms with Crippen molar-refractivity contribution in [3.05, 3.63) is 54.8 Å². The summed E-state index contributed by atoms with van der Waals surface area (Å²) in [6.07, 6.45) is 8.22. The Morgan fingerprint density at radius 3 is 2.37 bits per heavy atom. The Balaban J connectivity index is 1.00. The Bertz CT molecular complexity index is 1710. The molecule has 0 aliphatic carbocycles. The molecule has 6 rings (SSSR count). The number of anilines is 1. The Hall–Kier alpha value is -3.66. The maximum Gasteiger partial charge on any atom is 0.281 e. The second kappa shape index (κ2) is 15.7. The minimum atomic E-state index is -3.53. The minimum absolute atomic E-state index is 0.0248. The van der Waals surface area contributed by atoms with Crippen LogP contribution in [0.3, 0.4) is 0 Å². The maximum absolute atomic E-state index is 14.4. The molecule has 0 radical (unpaired) electrons. The highest BCUT2D eigenvalue weighted by Crippen LogP contribution is 2.42. The van der Waals surface area contributed by atoms with E-state index in [1.807, 2.05) is 27.7 Å². The van der Waals surface area contributed by atoms with E-state index >= 15 is 0 Å². The van der Waals surface area contributed by atoms with Gasteiger partial charge in [-0.3, -0.25) is 9.59 Å². The lowest BCUT2D eigenvalue weighted by Gasteiger charge is -2.54. The summed E-state index contributed by atoms with van der Waals surface area (Å²) in [5, 5.41) is 2.88. The van der Waals surface area contributed by atoms with Crippen molar-refractivity contribution in [1.29, 1.82) is 0 Å². The summed E-state index contributed by atoms with van der Waals surface area (Å²) >= 11 is 0. The lowest BCUT2D eigenvalue weighted by atomic mass is 9.72. The number of benzene rings is 1. The third kappa shape index (κ3) is 8.27. The van der Waals surface area contributed by atoms with E-state index in [-0.39, 0.29) is 46.7 Å². The number of hydrogen-bond acceptors (Lipinski definition) is 9. The Morgan fingerprint density at radius 1 is 1.04 bits per heavy atom. The van der Waals surface area contributed by atoms with E-state index < -0.39 is 16.0 Å². The summed E-state index contributed by atoms with van der Waals surface area (Å²) in [4.78, 5) is 40.4. The summed E-state index contributed by atoms with van der Waals surface area (Å²) in [5.41, 5.74) is 0.313. The van der Waals surface area contributed by atoms with Gasteiger partial charge in [-0.15, -0.1) is 0 Å². The molecule has 13 nitrogen and oxygen atoms in total. The predicted octanol–water partition coefficient (Wildman–Crippen LogP) is 3.90. The van der Waals surface area contributed by atoms with Crippen molar-refractivity contribution in [2.75, 3.05) is 63.8 Å². The SMILES string of the molecule is C=CC(=O)NC1CCN(S(=O)(=O)N2CCC3(CC2)CN(C[C@@H]2CCN(c4ncncc4Oc4ccc(F)cc4C(=O)N(C(C)C)C(C)C)C2)C3)CC1. The minimum Gasteiger partial charge on any atom is -0.451 e. The second-order valence-electron chi connectivity index (χ2n) is 15.4. The molecule has 15 heteroatoms. The van der Waals surface area contributed by atoms with Crippen molar-refractivity contribution in [1.82, 2.24) is 33.7 Å². The van der Waals surface area contributed by atoms with E-state index in [4.69, 9.17) is 4.74 Å². The van der Waals surface area contributed by atoms with Gasteiger partial charge in [0.05, 0.1) is 11.8 Å². The average molecular weight is 741 g/mol. The first-order valence-corrected chi connectivity index (χ1v) is 19.9. The van der Waals surface area contributed by atoms with Gasteiger partial charge >= 0.3 is 0 Å². The topological polar surface area (TPSA) is 132 Å². The van der Waals surface area contributed by atoms with Gasteiger partial charge in [-0.2, -0.15) is 17.0 Å². The van der Waals surface area contributed by atoms with Gasteiger partial charge in [0, 0.05) is 77.0 Å². The molecule has 284 valence electrons. The van der Waals surface area contributed by atoms with Crippen molar-refractivity contribution >= 4 is 27.8 Å². The number of nitrogens with one attached hydrogen (secondary N) is 1. The Kier molecular flexibility index (Phi) is 11.5. The summed E-state index contributed by atoms with van der Waals surface area (Å²) in [6, 6.07) is 3.82. The number of carbonyl (C=O) groups is 2. The molecule has 1 atom stereocenters. The van der Waals surface area contributed by atoms with Gasteiger partial charge in [0.2, 0.25) is 5.91 Å². The summed E-state index contributed by atoms with van der Waals surface area (Å²) < 4.78 is 50.8. The van der Waals surface area contributed by atoms with Crippen LogP contribution in [0, 0.1) is 17.2 Å². The molecule has 2 amide bonds. The molecule has 52 heavy (non-hydrogen) atoms. The quantitative estimate of drug-likeness (QED) is 0.322. The highest BCUT2D eigenvalue weighted by Gasteiger charge is 2.48. The van der Waals surface area contributed by atoms with E-state index in [0.717, 1.165) is 52.0 Å². The number of rotatable bonds is 12. The highest BCUT2D eigenvalue weighted by atomic mass is 32.2. The zero-order valence-electron chi connectivity index (χ0n) is 30.8. The fraction of sp³-hybridized carbons (Fsp3) is 0.622. The zero-order chi connectivity index (χ0) is 37.2. The molecule has 0 unspecified atom stereocenters. The average Bonchev–Trinajstić information content (AvgIpc) is 3.57. The number of ether oxygens (including phenoxy) is 1. The smallest absolute Gasteiger partial charge is 0.281 e. The number of hydrogen-bond donors (Lipinski definition) is 1. The van der Waals surface area contributed by atoms with Crippen LogP contribution >= 0.6 is 0 Å². The van der Waals surface area contributed by atoms with Crippen LogP contribution in [0.1, 0.15) is 70.2 Å². The number of amides is 2. The summed E-state index contributed by atoms with van der Waals surface area (Å²) in [5.74, 6) is 0.706. The van der Waals surface area contributed by atoms with Gasteiger partial charge in [0.25, 0.3) is 16.1 Å². The van der Waals surface area contributed by atoms with E-state index in [2.05, 4.69) is 31.7 Å². The van der Waals surface area contributed by atoms with Crippen LogP contribution in [0.15, 0.2) is 43.4 Å². The standard InChI is InChI=1S/C37H53FN8O5S/c1-6-34(47)41-30-10-15-44(16-11-30)52(49,50)45-17-12-37(13-18-45)23-42(24-37)21-28-9-14-43(22-28)35-33(20-39-25-40-35)51-32-8-7-29(38)19-31(32)36(48)46(26(2)3)27(4)5/h6-8,19-20,25-28,30H,1,9-18,21-24H2,2-5H3,(H,41,47)/t28-/m0/s1. The molecule has 1 N–H and O–H groups in total. The second-order valence-corrected chi connectivity index (χ2v) is 17.3. The third-order valence-electron chi connectivity index (χ3n) is 11.0. The fourth-order valence-corrected chi connectivity index (χ4v) is 10.1. The number of piperidine rings is 2. The molecule has 2 aromatic rings.